The lowest BCUT2D eigenvalue weighted by molar-refractivity contribution is -0.129. The van der Waals surface area contributed by atoms with Gasteiger partial charge in [-0.2, -0.15) is 0 Å². The van der Waals surface area contributed by atoms with Gasteiger partial charge in [-0.15, -0.1) is 0 Å². The molecule has 3 nitrogen and oxygen atoms in total. The van der Waals surface area contributed by atoms with Crippen molar-refractivity contribution in [3.8, 4) is 0 Å². The van der Waals surface area contributed by atoms with Crippen molar-refractivity contribution in [2.24, 2.45) is 0 Å². The Balaban J connectivity index is 2.25. The van der Waals surface area contributed by atoms with Crippen molar-refractivity contribution in [1.29, 1.82) is 0 Å². The molecule has 1 heterocycles. The topological polar surface area (TPSA) is 32.3 Å². The van der Waals surface area contributed by atoms with Gasteiger partial charge in [-0.1, -0.05) is 0 Å². The van der Waals surface area contributed by atoms with Gasteiger partial charge >= 0.3 is 0 Å². The first-order valence-electron chi connectivity index (χ1n) is 4.53. The SMILES string of the molecule is C[CH]NC1CCN(C(C)=O)CC1. The van der Waals surface area contributed by atoms with Crippen molar-refractivity contribution >= 4 is 5.91 Å². The zero-order valence-corrected chi connectivity index (χ0v) is 7.84. The number of hydrogen-bond acceptors (Lipinski definition) is 2. The molecule has 0 aromatic heterocycles. The lowest BCUT2D eigenvalue weighted by atomic mass is 10.1. The zero-order valence-electron chi connectivity index (χ0n) is 7.84. The van der Waals surface area contributed by atoms with Gasteiger partial charge in [-0.25, -0.2) is 0 Å². The molecular formula is C9H17N2O. The third kappa shape index (κ3) is 2.48. The predicted octanol–water partition coefficient (Wildman–Crippen LogP) is 0.769. The second kappa shape index (κ2) is 4.45. The summed E-state index contributed by atoms with van der Waals surface area (Å²) in [5.74, 6) is 0.203. The molecule has 12 heavy (non-hydrogen) atoms. The first-order valence-corrected chi connectivity index (χ1v) is 4.53. The Morgan fingerprint density at radius 2 is 2.08 bits per heavy atom. The van der Waals surface area contributed by atoms with E-state index in [1.54, 1.807) is 6.92 Å². The fourth-order valence-electron chi connectivity index (χ4n) is 1.60. The van der Waals surface area contributed by atoms with E-state index in [2.05, 4.69) is 5.32 Å². The van der Waals surface area contributed by atoms with Gasteiger partial charge in [0, 0.05) is 32.6 Å². The Hall–Kier alpha value is -0.570. The van der Waals surface area contributed by atoms with Crippen LogP contribution in [0.1, 0.15) is 26.7 Å². The van der Waals surface area contributed by atoms with E-state index in [4.69, 9.17) is 0 Å². The zero-order chi connectivity index (χ0) is 8.97. The van der Waals surface area contributed by atoms with E-state index in [0.717, 1.165) is 25.9 Å². The van der Waals surface area contributed by atoms with Crippen LogP contribution < -0.4 is 5.32 Å². The molecule has 0 aromatic rings. The van der Waals surface area contributed by atoms with Crippen molar-refractivity contribution < 1.29 is 4.79 Å². The molecular weight excluding hydrogens is 152 g/mol. The van der Waals surface area contributed by atoms with E-state index in [0.29, 0.717) is 6.04 Å². The Kier molecular flexibility index (Phi) is 3.53. The van der Waals surface area contributed by atoms with Gasteiger partial charge in [0.25, 0.3) is 0 Å². The molecule has 1 aliphatic rings. The van der Waals surface area contributed by atoms with Crippen LogP contribution in [0.25, 0.3) is 0 Å². The van der Waals surface area contributed by atoms with Crippen LogP contribution in [0.4, 0.5) is 0 Å². The molecule has 0 unspecified atom stereocenters. The molecule has 69 valence electrons. The highest BCUT2D eigenvalue weighted by molar-refractivity contribution is 5.73. The summed E-state index contributed by atoms with van der Waals surface area (Å²) in [5.41, 5.74) is 0. The van der Waals surface area contributed by atoms with Gasteiger partial charge in [-0.05, 0) is 19.8 Å². The summed E-state index contributed by atoms with van der Waals surface area (Å²) >= 11 is 0. The van der Waals surface area contributed by atoms with Crippen LogP contribution in [-0.2, 0) is 4.79 Å². The quantitative estimate of drug-likeness (QED) is 0.662. The van der Waals surface area contributed by atoms with Crippen molar-refractivity contribution in [3.05, 3.63) is 6.54 Å². The highest BCUT2D eigenvalue weighted by Gasteiger charge is 2.19. The molecule has 1 saturated heterocycles. The fraction of sp³-hybridized carbons (Fsp3) is 0.778. The highest BCUT2D eigenvalue weighted by Crippen LogP contribution is 2.10. The molecule has 1 radical (unpaired) electrons. The van der Waals surface area contributed by atoms with Gasteiger partial charge in [0.2, 0.25) is 5.91 Å². The van der Waals surface area contributed by atoms with Gasteiger partial charge < -0.3 is 10.2 Å². The lowest BCUT2D eigenvalue weighted by Crippen LogP contribution is -2.43. The molecule has 0 aliphatic carbocycles. The van der Waals surface area contributed by atoms with E-state index in [-0.39, 0.29) is 5.91 Å². The average molecular weight is 169 g/mol. The standard InChI is InChI=1S/C9H17N2O/c1-3-10-9-4-6-11(7-5-9)8(2)12/h3,9-10H,4-7H2,1-2H3. The Morgan fingerprint density at radius 3 is 2.50 bits per heavy atom. The maximum Gasteiger partial charge on any atom is 0.219 e. The normalized spacial score (nSPS) is 19.7. The van der Waals surface area contributed by atoms with E-state index in [1.807, 2.05) is 18.4 Å². The summed E-state index contributed by atoms with van der Waals surface area (Å²) in [4.78, 5) is 12.9. The third-order valence-electron chi connectivity index (χ3n) is 2.34. The molecule has 1 N–H and O–H groups in total. The summed E-state index contributed by atoms with van der Waals surface area (Å²) in [6, 6.07) is 0.575. The minimum atomic E-state index is 0.203. The van der Waals surface area contributed by atoms with Gasteiger partial charge in [-0.3, -0.25) is 4.79 Å². The third-order valence-corrected chi connectivity index (χ3v) is 2.34. The van der Waals surface area contributed by atoms with Crippen LogP contribution in [0.2, 0.25) is 0 Å². The molecule has 3 heteroatoms. The summed E-state index contributed by atoms with van der Waals surface area (Å²) in [5, 5.41) is 3.28. The number of amides is 1. The fourth-order valence-corrected chi connectivity index (χ4v) is 1.60. The number of hydrogen-bond donors (Lipinski definition) is 1. The monoisotopic (exact) mass is 169 g/mol. The molecule has 1 rings (SSSR count). The second-order valence-corrected chi connectivity index (χ2v) is 3.24. The number of likely N-dealkylation sites (tertiary alicyclic amines) is 1. The molecule has 0 bridgehead atoms. The van der Waals surface area contributed by atoms with Crippen molar-refractivity contribution in [2.75, 3.05) is 13.1 Å². The van der Waals surface area contributed by atoms with Crippen LogP contribution in [-0.4, -0.2) is 29.9 Å². The largest absolute Gasteiger partial charge is 0.343 e. The van der Waals surface area contributed by atoms with E-state index < -0.39 is 0 Å². The van der Waals surface area contributed by atoms with Crippen LogP contribution in [0.15, 0.2) is 0 Å². The Morgan fingerprint density at radius 1 is 1.50 bits per heavy atom. The van der Waals surface area contributed by atoms with Crippen LogP contribution in [0.5, 0.6) is 0 Å². The molecule has 1 amide bonds. The van der Waals surface area contributed by atoms with E-state index in [1.165, 1.54) is 0 Å². The Bertz CT molecular complexity index is 151. The summed E-state index contributed by atoms with van der Waals surface area (Å²) < 4.78 is 0. The molecule has 0 saturated carbocycles. The Labute approximate surface area is 74.1 Å². The number of piperidine rings is 1. The van der Waals surface area contributed by atoms with Crippen molar-refractivity contribution in [3.63, 3.8) is 0 Å². The van der Waals surface area contributed by atoms with Crippen molar-refractivity contribution in [2.45, 2.75) is 32.7 Å². The molecule has 0 aromatic carbocycles. The second-order valence-electron chi connectivity index (χ2n) is 3.24. The number of carbonyl (C=O) groups is 1. The first kappa shape index (κ1) is 9.52. The number of nitrogens with one attached hydrogen (secondary N) is 1. The van der Waals surface area contributed by atoms with E-state index in [9.17, 15) is 4.79 Å². The number of nitrogens with zero attached hydrogens (tertiary/aromatic N) is 1. The summed E-state index contributed by atoms with van der Waals surface area (Å²) in [7, 11) is 0. The average Bonchev–Trinajstić information content (AvgIpc) is 2.06. The molecule has 1 fully saturated rings. The number of carbonyl (C=O) groups excluding carboxylic acids is 1. The minimum Gasteiger partial charge on any atom is -0.343 e. The summed E-state index contributed by atoms with van der Waals surface area (Å²) in [6.07, 6.45) is 2.15. The van der Waals surface area contributed by atoms with Crippen LogP contribution >= 0.6 is 0 Å². The molecule has 0 spiro atoms. The maximum atomic E-state index is 11.0. The number of rotatable bonds is 2. The minimum absolute atomic E-state index is 0.203. The van der Waals surface area contributed by atoms with Crippen molar-refractivity contribution in [1.82, 2.24) is 10.2 Å². The lowest BCUT2D eigenvalue weighted by Gasteiger charge is -2.31. The molecule has 0 atom stereocenters. The smallest absolute Gasteiger partial charge is 0.219 e. The maximum absolute atomic E-state index is 11.0. The predicted molar refractivity (Wildman–Crippen MR) is 48.4 cm³/mol. The highest BCUT2D eigenvalue weighted by atomic mass is 16.2. The molecule has 1 aliphatic heterocycles. The first-order chi connectivity index (χ1) is 5.74. The van der Waals surface area contributed by atoms with Crippen LogP contribution in [0.3, 0.4) is 0 Å². The van der Waals surface area contributed by atoms with Crippen LogP contribution in [0, 0.1) is 6.54 Å². The summed E-state index contributed by atoms with van der Waals surface area (Å²) in [6.45, 7) is 7.42. The van der Waals surface area contributed by atoms with Gasteiger partial charge in [0.1, 0.15) is 0 Å². The van der Waals surface area contributed by atoms with E-state index >= 15 is 0 Å². The van der Waals surface area contributed by atoms with Gasteiger partial charge in [0.05, 0.1) is 0 Å². The van der Waals surface area contributed by atoms with Gasteiger partial charge in [0.15, 0.2) is 0 Å².